The molecule has 1 aliphatic heterocycles. The number of likely N-dealkylation sites (tertiary alicyclic amines) is 1. The van der Waals surface area contributed by atoms with Gasteiger partial charge in [-0.1, -0.05) is 42.6 Å². The predicted molar refractivity (Wildman–Crippen MR) is 114 cm³/mol. The minimum Gasteiger partial charge on any atom is -0.338 e. The number of rotatable bonds is 3. The van der Waals surface area contributed by atoms with Crippen LogP contribution in [0.5, 0.6) is 0 Å². The molecular weight excluding hydrogens is 394 g/mol. The summed E-state index contributed by atoms with van der Waals surface area (Å²) in [6.07, 6.45) is 5.97. The fourth-order valence-corrected chi connectivity index (χ4v) is 5.01. The number of fused-ring (bicyclic) bond motifs is 1. The van der Waals surface area contributed by atoms with Crippen LogP contribution in [0.25, 0.3) is 10.2 Å². The molecule has 0 unspecified atom stereocenters. The van der Waals surface area contributed by atoms with E-state index in [0.717, 1.165) is 37.1 Å². The molecule has 1 fully saturated rings. The van der Waals surface area contributed by atoms with Crippen molar-refractivity contribution in [3.8, 4) is 0 Å². The highest BCUT2D eigenvalue weighted by atomic mass is 35.5. The van der Waals surface area contributed by atoms with Crippen molar-refractivity contribution < 1.29 is 4.79 Å². The summed E-state index contributed by atoms with van der Waals surface area (Å²) >= 11 is 7.56. The first-order chi connectivity index (χ1) is 13.6. The van der Waals surface area contributed by atoms with Crippen LogP contribution in [0, 0.1) is 6.92 Å². The molecule has 0 radical (unpaired) electrons. The number of hydrogen-bond acceptors (Lipinski definition) is 4. The van der Waals surface area contributed by atoms with E-state index in [1.165, 1.54) is 24.2 Å². The number of amides is 1. The molecule has 0 spiro atoms. The van der Waals surface area contributed by atoms with Gasteiger partial charge in [0.05, 0.1) is 23.1 Å². The zero-order chi connectivity index (χ0) is 19.7. The van der Waals surface area contributed by atoms with E-state index in [0.29, 0.717) is 26.7 Å². The minimum absolute atomic E-state index is 0.0273. The van der Waals surface area contributed by atoms with Crippen molar-refractivity contribution in [2.45, 2.75) is 39.2 Å². The Balaban J connectivity index is 1.71. The average molecular weight is 416 g/mol. The second-order valence-electron chi connectivity index (χ2n) is 7.21. The summed E-state index contributed by atoms with van der Waals surface area (Å²) in [7, 11) is 0. The first-order valence-electron chi connectivity index (χ1n) is 9.57. The van der Waals surface area contributed by atoms with Crippen LogP contribution in [0.4, 0.5) is 0 Å². The second kappa shape index (κ2) is 8.05. The maximum Gasteiger partial charge on any atom is 0.264 e. The molecule has 1 aliphatic rings. The fraction of sp³-hybridized carbons (Fsp3) is 0.381. The van der Waals surface area contributed by atoms with Crippen LogP contribution in [0.1, 0.15) is 46.5 Å². The van der Waals surface area contributed by atoms with Gasteiger partial charge in [0.2, 0.25) is 0 Å². The number of thiophene rings is 1. The van der Waals surface area contributed by atoms with Gasteiger partial charge in [0.1, 0.15) is 4.83 Å². The van der Waals surface area contributed by atoms with E-state index in [1.54, 1.807) is 10.9 Å². The molecule has 0 bridgehead atoms. The number of aryl methyl sites for hydroxylation is 1. The third-order valence-corrected chi connectivity index (χ3v) is 6.86. The topological polar surface area (TPSA) is 55.2 Å². The van der Waals surface area contributed by atoms with Crippen molar-refractivity contribution >= 4 is 39.1 Å². The Labute approximate surface area is 172 Å². The lowest BCUT2D eigenvalue weighted by atomic mass is 10.2. The Kier molecular flexibility index (Phi) is 5.51. The van der Waals surface area contributed by atoms with E-state index >= 15 is 0 Å². The van der Waals surface area contributed by atoms with Gasteiger partial charge in [0.15, 0.2) is 0 Å². The Morgan fingerprint density at radius 3 is 2.61 bits per heavy atom. The molecule has 4 rings (SSSR count). The van der Waals surface area contributed by atoms with Gasteiger partial charge in [-0.3, -0.25) is 14.2 Å². The van der Waals surface area contributed by atoms with Gasteiger partial charge in [0, 0.05) is 18.1 Å². The van der Waals surface area contributed by atoms with Gasteiger partial charge >= 0.3 is 0 Å². The summed E-state index contributed by atoms with van der Waals surface area (Å²) < 4.78 is 1.56. The fourth-order valence-electron chi connectivity index (χ4n) is 3.70. The predicted octanol–water partition coefficient (Wildman–Crippen LogP) is 4.48. The normalized spacial score (nSPS) is 15.0. The summed E-state index contributed by atoms with van der Waals surface area (Å²) in [4.78, 5) is 33.8. The van der Waals surface area contributed by atoms with Gasteiger partial charge in [0.25, 0.3) is 11.5 Å². The number of hydrogen-bond donors (Lipinski definition) is 0. The van der Waals surface area contributed by atoms with Crippen molar-refractivity contribution in [3.05, 3.63) is 62.0 Å². The van der Waals surface area contributed by atoms with Crippen molar-refractivity contribution in [2.24, 2.45) is 0 Å². The highest BCUT2D eigenvalue weighted by Gasteiger charge is 2.24. The largest absolute Gasteiger partial charge is 0.338 e. The molecule has 0 saturated carbocycles. The van der Waals surface area contributed by atoms with Crippen molar-refractivity contribution in [3.63, 3.8) is 0 Å². The molecule has 28 heavy (non-hydrogen) atoms. The van der Waals surface area contributed by atoms with Gasteiger partial charge in [-0.2, -0.15) is 0 Å². The van der Waals surface area contributed by atoms with E-state index in [2.05, 4.69) is 4.98 Å². The maximum atomic E-state index is 13.1. The second-order valence-corrected chi connectivity index (χ2v) is 8.62. The number of carbonyl (C=O) groups is 1. The van der Waals surface area contributed by atoms with Gasteiger partial charge < -0.3 is 4.90 Å². The van der Waals surface area contributed by atoms with Crippen LogP contribution in [-0.2, 0) is 6.54 Å². The van der Waals surface area contributed by atoms with Crippen LogP contribution in [0.15, 0.2) is 35.4 Å². The monoisotopic (exact) mass is 415 g/mol. The molecule has 0 atom stereocenters. The quantitative estimate of drug-likeness (QED) is 0.633. The smallest absolute Gasteiger partial charge is 0.264 e. The van der Waals surface area contributed by atoms with Gasteiger partial charge in [-0.05, 0) is 37.0 Å². The SMILES string of the molecule is Cc1c(C(=O)N2CCCCCC2)sc2ncn(Cc3ccccc3Cl)c(=O)c12. The highest BCUT2D eigenvalue weighted by molar-refractivity contribution is 7.20. The average Bonchev–Trinajstić information content (AvgIpc) is 2.86. The molecule has 1 aromatic carbocycles. The third kappa shape index (κ3) is 3.59. The van der Waals surface area contributed by atoms with Crippen molar-refractivity contribution in [1.82, 2.24) is 14.5 Å². The molecule has 146 valence electrons. The summed E-state index contributed by atoms with van der Waals surface area (Å²) in [5.41, 5.74) is 1.47. The lowest BCUT2D eigenvalue weighted by Crippen LogP contribution is -2.31. The number of nitrogens with zero attached hydrogens (tertiary/aromatic N) is 3. The summed E-state index contributed by atoms with van der Waals surface area (Å²) in [5.74, 6) is 0.0273. The molecule has 3 heterocycles. The van der Waals surface area contributed by atoms with Gasteiger partial charge in [-0.15, -0.1) is 11.3 Å². The minimum atomic E-state index is -0.131. The standard InChI is InChI=1S/C21H22ClN3O2S/c1-14-17-19(28-18(14)21(27)24-10-6-2-3-7-11-24)23-13-25(20(17)26)12-15-8-4-5-9-16(15)22/h4-5,8-9,13H,2-3,6-7,10-12H2,1H3. The molecular formula is C21H22ClN3O2S. The van der Waals surface area contributed by atoms with Crippen molar-refractivity contribution in [1.29, 1.82) is 0 Å². The van der Waals surface area contributed by atoms with Crippen molar-refractivity contribution in [2.75, 3.05) is 13.1 Å². The lowest BCUT2D eigenvalue weighted by molar-refractivity contribution is 0.0766. The van der Waals surface area contributed by atoms with E-state index in [-0.39, 0.29) is 11.5 Å². The lowest BCUT2D eigenvalue weighted by Gasteiger charge is -2.19. The van der Waals surface area contributed by atoms with Crippen LogP contribution in [0.3, 0.4) is 0 Å². The number of halogens is 1. The number of benzene rings is 1. The Bertz CT molecular complexity index is 1080. The zero-order valence-corrected chi connectivity index (χ0v) is 17.4. The number of aromatic nitrogens is 2. The maximum absolute atomic E-state index is 13.1. The Morgan fingerprint density at radius 1 is 1.18 bits per heavy atom. The molecule has 0 aliphatic carbocycles. The van der Waals surface area contributed by atoms with Gasteiger partial charge in [-0.25, -0.2) is 4.98 Å². The van der Waals surface area contributed by atoms with Crippen LogP contribution in [0.2, 0.25) is 5.02 Å². The highest BCUT2D eigenvalue weighted by Crippen LogP contribution is 2.29. The molecule has 1 amide bonds. The molecule has 5 nitrogen and oxygen atoms in total. The van der Waals surface area contributed by atoms with Crippen LogP contribution in [-0.4, -0.2) is 33.4 Å². The zero-order valence-electron chi connectivity index (χ0n) is 15.8. The Morgan fingerprint density at radius 2 is 1.89 bits per heavy atom. The third-order valence-electron chi connectivity index (χ3n) is 5.30. The van der Waals surface area contributed by atoms with E-state index in [1.807, 2.05) is 36.1 Å². The summed E-state index contributed by atoms with van der Waals surface area (Å²) in [5, 5.41) is 1.16. The van der Waals surface area contributed by atoms with Crippen LogP contribution < -0.4 is 5.56 Å². The molecule has 3 aromatic rings. The number of carbonyl (C=O) groups excluding carboxylic acids is 1. The molecule has 7 heteroatoms. The van der Waals surface area contributed by atoms with E-state index in [9.17, 15) is 9.59 Å². The Hall–Kier alpha value is -2.18. The molecule has 2 aromatic heterocycles. The first kappa shape index (κ1) is 19.2. The summed E-state index contributed by atoms with van der Waals surface area (Å²) in [6.45, 7) is 3.78. The molecule has 1 saturated heterocycles. The van der Waals surface area contributed by atoms with E-state index < -0.39 is 0 Å². The summed E-state index contributed by atoms with van der Waals surface area (Å²) in [6, 6.07) is 7.46. The first-order valence-corrected chi connectivity index (χ1v) is 10.8. The molecule has 0 N–H and O–H groups in total. The van der Waals surface area contributed by atoms with Crippen LogP contribution >= 0.6 is 22.9 Å². The van der Waals surface area contributed by atoms with E-state index in [4.69, 9.17) is 11.6 Å².